The van der Waals surface area contributed by atoms with Gasteiger partial charge in [-0.25, -0.2) is 14.8 Å². The monoisotopic (exact) mass is 371 g/mol. The third-order valence-electron chi connectivity index (χ3n) is 4.18. The van der Waals surface area contributed by atoms with Gasteiger partial charge in [0.1, 0.15) is 28.5 Å². The number of aliphatic hydroxyl groups excluding tert-OH is 1. The zero-order valence-electron chi connectivity index (χ0n) is 14.7. The molecule has 0 aliphatic carbocycles. The average molecular weight is 371 g/mol. The van der Waals surface area contributed by atoms with Gasteiger partial charge in [-0.3, -0.25) is 0 Å². The minimum absolute atomic E-state index is 0.0111. The minimum Gasteiger partial charge on any atom is -0.457 e. The maximum atomic E-state index is 12.5. The lowest BCUT2D eigenvalue weighted by Crippen LogP contribution is -2.23. The van der Waals surface area contributed by atoms with Crippen LogP contribution in [0.4, 0.5) is 5.82 Å². The van der Waals surface area contributed by atoms with Crippen LogP contribution in [0.2, 0.25) is 0 Å². The highest BCUT2D eigenvalue weighted by Crippen LogP contribution is 2.34. The van der Waals surface area contributed by atoms with Crippen LogP contribution in [0.3, 0.4) is 0 Å². The van der Waals surface area contributed by atoms with Crippen LogP contribution in [-0.4, -0.2) is 33.7 Å². The van der Waals surface area contributed by atoms with Gasteiger partial charge in [-0.2, -0.15) is 0 Å². The lowest BCUT2D eigenvalue weighted by Gasteiger charge is -2.15. The Labute approximate surface area is 155 Å². The van der Waals surface area contributed by atoms with Gasteiger partial charge >= 0.3 is 5.97 Å². The van der Waals surface area contributed by atoms with E-state index in [-0.39, 0.29) is 25.2 Å². The Kier molecular flexibility index (Phi) is 5.80. The van der Waals surface area contributed by atoms with Gasteiger partial charge in [0, 0.05) is 0 Å². The molecule has 0 radical (unpaired) electrons. The second kappa shape index (κ2) is 8.25. The van der Waals surface area contributed by atoms with E-state index in [0.717, 1.165) is 27.8 Å². The molecule has 0 spiro atoms. The van der Waals surface area contributed by atoms with E-state index in [0.29, 0.717) is 10.7 Å². The van der Waals surface area contributed by atoms with Crippen LogP contribution in [0.25, 0.3) is 10.2 Å². The number of aromatic nitrogens is 2. The van der Waals surface area contributed by atoms with E-state index < -0.39 is 0 Å². The van der Waals surface area contributed by atoms with Gasteiger partial charge in [0.25, 0.3) is 0 Å². The largest absolute Gasteiger partial charge is 0.457 e. The molecular weight excluding hydrogens is 350 g/mol. The number of nitrogens with zero attached hydrogens (tertiary/aromatic N) is 2. The highest BCUT2D eigenvalue weighted by molar-refractivity contribution is 7.20. The lowest BCUT2D eigenvalue weighted by atomic mass is 10.2. The number of hydrogen-bond acceptors (Lipinski definition) is 7. The van der Waals surface area contributed by atoms with Crippen LogP contribution in [0.5, 0.6) is 0 Å². The highest BCUT2D eigenvalue weighted by Gasteiger charge is 2.21. The van der Waals surface area contributed by atoms with Crippen molar-refractivity contribution in [1.82, 2.24) is 9.97 Å². The number of fused-ring (bicyclic) bond motifs is 1. The smallest absolute Gasteiger partial charge is 0.349 e. The number of esters is 1. The van der Waals surface area contributed by atoms with E-state index in [1.807, 2.05) is 44.2 Å². The number of anilines is 1. The van der Waals surface area contributed by atoms with Crippen molar-refractivity contribution in [2.75, 3.05) is 11.9 Å². The molecule has 136 valence electrons. The number of aryl methyl sites for hydroxylation is 1. The average Bonchev–Trinajstić information content (AvgIpc) is 3.02. The predicted octanol–water partition coefficient (Wildman–Crippen LogP) is 3.54. The summed E-state index contributed by atoms with van der Waals surface area (Å²) in [5.41, 5.74) is 1.73. The molecule has 1 unspecified atom stereocenters. The molecule has 2 aromatic heterocycles. The summed E-state index contributed by atoms with van der Waals surface area (Å²) >= 11 is 1.30. The van der Waals surface area contributed by atoms with Gasteiger partial charge in [0.05, 0.1) is 18.0 Å². The maximum absolute atomic E-state index is 12.5. The zero-order chi connectivity index (χ0) is 18.5. The predicted molar refractivity (Wildman–Crippen MR) is 103 cm³/mol. The molecule has 26 heavy (non-hydrogen) atoms. The number of benzene rings is 1. The van der Waals surface area contributed by atoms with Crippen molar-refractivity contribution in [2.24, 2.45) is 0 Å². The first-order valence-electron chi connectivity index (χ1n) is 8.46. The molecule has 3 rings (SSSR count). The summed E-state index contributed by atoms with van der Waals surface area (Å²) in [5.74, 6) is 0.265. The normalized spacial score (nSPS) is 12.1. The first kappa shape index (κ1) is 18.3. The lowest BCUT2D eigenvalue weighted by molar-refractivity contribution is 0.0478. The third-order valence-corrected chi connectivity index (χ3v) is 5.36. The topological polar surface area (TPSA) is 84.3 Å². The number of rotatable bonds is 7. The number of ether oxygens (including phenoxy) is 1. The summed E-state index contributed by atoms with van der Waals surface area (Å²) in [6.07, 6.45) is 2.22. The third kappa shape index (κ3) is 3.84. The van der Waals surface area contributed by atoms with Gasteiger partial charge in [0.2, 0.25) is 0 Å². The summed E-state index contributed by atoms with van der Waals surface area (Å²) in [4.78, 5) is 22.4. The van der Waals surface area contributed by atoms with Gasteiger partial charge < -0.3 is 15.2 Å². The molecule has 7 heteroatoms. The van der Waals surface area contributed by atoms with Crippen molar-refractivity contribution in [1.29, 1.82) is 0 Å². The molecule has 0 saturated heterocycles. The fraction of sp³-hybridized carbons (Fsp3) is 0.316. The van der Waals surface area contributed by atoms with Crippen molar-refractivity contribution in [3.63, 3.8) is 0 Å². The molecule has 0 aliphatic heterocycles. The number of aliphatic hydroxyl groups is 1. The SMILES string of the molecule is CCC(CO)Nc1ncnc2sc(C(=O)OCc3ccccc3)c(C)c12. The van der Waals surface area contributed by atoms with Crippen molar-refractivity contribution in [3.05, 3.63) is 52.7 Å². The van der Waals surface area contributed by atoms with E-state index in [2.05, 4.69) is 15.3 Å². The molecule has 0 amide bonds. The summed E-state index contributed by atoms with van der Waals surface area (Å²) in [6.45, 7) is 4.09. The second-order valence-electron chi connectivity index (χ2n) is 5.95. The van der Waals surface area contributed by atoms with Crippen LogP contribution < -0.4 is 5.32 Å². The number of carbonyl (C=O) groups excluding carboxylic acids is 1. The van der Waals surface area contributed by atoms with Crippen LogP contribution >= 0.6 is 11.3 Å². The Morgan fingerprint density at radius 3 is 2.77 bits per heavy atom. The molecule has 1 aromatic carbocycles. The first-order chi connectivity index (χ1) is 12.6. The zero-order valence-corrected chi connectivity index (χ0v) is 15.5. The molecule has 3 aromatic rings. The number of thiophene rings is 1. The molecule has 2 N–H and O–H groups in total. The number of nitrogens with one attached hydrogen (secondary N) is 1. The summed E-state index contributed by atoms with van der Waals surface area (Å²) in [7, 11) is 0. The molecule has 6 nitrogen and oxygen atoms in total. The van der Waals surface area contributed by atoms with Crippen molar-refractivity contribution < 1.29 is 14.6 Å². The fourth-order valence-corrected chi connectivity index (χ4v) is 3.68. The molecule has 0 fully saturated rings. The van der Waals surface area contributed by atoms with E-state index in [1.165, 1.54) is 17.7 Å². The van der Waals surface area contributed by atoms with Crippen molar-refractivity contribution in [2.45, 2.75) is 32.9 Å². The van der Waals surface area contributed by atoms with Gasteiger partial charge in [-0.05, 0) is 24.5 Å². The van der Waals surface area contributed by atoms with Crippen LogP contribution in [-0.2, 0) is 11.3 Å². The molecule has 0 aliphatic rings. The molecule has 0 saturated carbocycles. The Hall–Kier alpha value is -2.51. The van der Waals surface area contributed by atoms with Crippen LogP contribution in [0.15, 0.2) is 36.7 Å². The first-order valence-corrected chi connectivity index (χ1v) is 9.28. The van der Waals surface area contributed by atoms with E-state index in [1.54, 1.807) is 0 Å². The van der Waals surface area contributed by atoms with E-state index in [9.17, 15) is 9.90 Å². The molecule has 0 bridgehead atoms. The van der Waals surface area contributed by atoms with Crippen LogP contribution in [0, 0.1) is 6.92 Å². The molecule has 1 atom stereocenters. The summed E-state index contributed by atoms with van der Waals surface area (Å²) in [6, 6.07) is 9.47. The summed E-state index contributed by atoms with van der Waals surface area (Å²) in [5, 5.41) is 13.5. The van der Waals surface area contributed by atoms with Gasteiger partial charge in [-0.1, -0.05) is 37.3 Å². The van der Waals surface area contributed by atoms with Crippen LogP contribution in [0.1, 0.15) is 34.1 Å². The van der Waals surface area contributed by atoms with Gasteiger partial charge in [-0.15, -0.1) is 11.3 Å². The number of hydrogen-bond donors (Lipinski definition) is 2. The van der Waals surface area contributed by atoms with E-state index >= 15 is 0 Å². The second-order valence-corrected chi connectivity index (χ2v) is 6.95. The number of carbonyl (C=O) groups is 1. The Bertz CT molecular complexity index is 892. The summed E-state index contributed by atoms with van der Waals surface area (Å²) < 4.78 is 5.45. The Morgan fingerprint density at radius 2 is 2.08 bits per heavy atom. The minimum atomic E-state index is -0.366. The Balaban J connectivity index is 1.85. The van der Waals surface area contributed by atoms with E-state index in [4.69, 9.17) is 4.74 Å². The van der Waals surface area contributed by atoms with Crippen molar-refractivity contribution >= 4 is 33.3 Å². The maximum Gasteiger partial charge on any atom is 0.349 e. The standard InChI is InChI=1S/C19H21N3O3S/c1-3-14(9-23)22-17-15-12(2)16(26-18(15)21-11-20-17)19(24)25-10-13-7-5-4-6-8-13/h4-8,11,14,23H,3,9-10H2,1-2H3,(H,20,21,22). The highest BCUT2D eigenvalue weighted by atomic mass is 32.1. The van der Waals surface area contributed by atoms with Gasteiger partial charge in [0.15, 0.2) is 0 Å². The molecular formula is C19H21N3O3S. The molecule has 2 heterocycles. The fourth-order valence-electron chi connectivity index (χ4n) is 2.63. The quantitative estimate of drug-likeness (QED) is 0.618. The van der Waals surface area contributed by atoms with Crippen molar-refractivity contribution in [3.8, 4) is 0 Å². The Morgan fingerprint density at radius 1 is 1.31 bits per heavy atom.